The zero-order valence-electron chi connectivity index (χ0n) is 11.4. The number of halogens is 3. The monoisotopic (exact) mass is 399 g/mol. The fourth-order valence-corrected chi connectivity index (χ4v) is 4.09. The molecule has 9 heteroatoms. The highest BCUT2D eigenvalue weighted by atomic mass is 79.9. The Balaban J connectivity index is 2.20. The van der Waals surface area contributed by atoms with Crippen LogP contribution in [0.2, 0.25) is 5.02 Å². The van der Waals surface area contributed by atoms with Gasteiger partial charge in [-0.1, -0.05) is 11.6 Å². The standard InChI is InChI=1S/C12H16BrClFN3O2S/c1-18-3-2-7(6-18)5-17-21(19,20)9-4-8(14)10(13)12(16)11(9)15/h4,7,17H,2-3,5-6,16H2,1H3. The maximum Gasteiger partial charge on any atom is 0.243 e. The second kappa shape index (κ2) is 6.37. The first kappa shape index (κ1) is 17.0. The lowest BCUT2D eigenvalue weighted by Crippen LogP contribution is -2.31. The molecule has 0 radical (unpaired) electrons. The molecule has 0 aromatic heterocycles. The van der Waals surface area contributed by atoms with Gasteiger partial charge in [0.05, 0.1) is 15.2 Å². The van der Waals surface area contributed by atoms with Gasteiger partial charge in [0.15, 0.2) is 5.82 Å². The number of benzene rings is 1. The topological polar surface area (TPSA) is 75.4 Å². The highest BCUT2D eigenvalue weighted by Crippen LogP contribution is 2.34. The van der Waals surface area contributed by atoms with E-state index < -0.39 is 20.7 Å². The largest absolute Gasteiger partial charge is 0.395 e. The number of nitrogens with one attached hydrogen (secondary N) is 1. The molecule has 1 saturated heterocycles. The van der Waals surface area contributed by atoms with Crippen molar-refractivity contribution in [2.75, 3.05) is 32.4 Å². The first-order chi connectivity index (χ1) is 9.72. The number of hydrogen-bond acceptors (Lipinski definition) is 4. The summed E-state index contributed by atoms with van der Waals surface area (Å²) in [6.45, 7) is 2.01. The van der Waals surface area contributed by atoms with Crippen molar-refractivity contribution in [2.45, 2.75) is 11.3 Å². The highest BCUT2D eigenvalue weighted by Gasteiger charge is 2.26. The van der Waals surface area contributed by atoms with E-state index in [1.165, 1.54) is 0 Å². The lowest BCUT2D eigenvalue weighted by atomic mass is 10.1. The normalized spacial score (nSPS) is 20.1. The highest BCUT2D eigenvalue weighted by molar-refractivity contribution is 9.10. The number of likely N-dealkylation sites (tertiary alicyclic amines) is 1. The summed E-state index contributed by atoms with van der Waals surface area (Å²) >= 11 is 8.86. The molecule has 5 nitrogen and oxygen atoms in total. The molecule has 1 aliphatic rings. The molecule has 1 aromatic rings. The molecular formula is C12H16BrClFN3O2S. The average molecular weight is 401 g/mol. The van der Waals surface area contributed by atoms with E-state index in [-0.39, 0.29) is 27.6 Å². The molecule has 3 N–H and O–H groups in total. The van der Waals surface area contributed by atoms with Crippen molar-refractivity contribution in [1.29, 1.82) is 0 Å². The van der Waals surface area contributed by atoms with E-state index in [2.05, 4.69) is 25.6 Å². The molecule has 0 saturated carbocycles. The third-order valence-electron chi connectivity index (χ3n) is 3.50. The SMILES string of the molecule is CN1CCC(CNS(=O)(=O)c2cc(Cl)c(Br)c(N)c2F)C1. The van der Waals surface area contributed by atoms with Gasteiger partial charge >= 0.3 is 0 Å². The summed E-state index contributed by atoms with van der Waals surface area (Å²) in [5.41, 5.74) is 5.20. The van der Waals surface area contributed by atoms with Gasteiger partial charge in [0.2, 0.25) is 10.0 Å². The zero-order valence-corrected chi connectivity index (χ0v) is 14.5. The molecule has 1 aliphatic heterocycles. The summed E-state index contributed by atoms with van der Waals surface area (Å²) in [4.78, 5) is 1.59. The predicted octanol–water partition coefficient (Wildman–Crippen LogP) is 2.05. The van der Waals surface area contributed by atoms with Crippen LogP contribution in [0.5, 0.6) is 0 Å². The van der Waals surface area contributed by atoms with Gasteiger partial charge in [-0.25, -0.2) is 17.5 Å². The fraction of sp³-hybridized carbons (Fsp3) is 0.500. The van der Waals surface area contributed by atoms with E-state index in [1.54, 1.807) is 0 Å². The van der Waals surface area contributed by atoms with Crippen LogP contribution in [0.15, 0.2) is 15.4 Å². The summed E-state index contributed by atoms with van der Waals surface area (Å²) in [5.74, 6) is -0.779. The molecule has 1 atom stereocenters. The van der Waals surface area contributed by atoms with Crippen LogP contribution in [0.1, 0.15) is 6.42 Å². The first-order valence-electron chi connectivity index (χ1n) is 6.33. The second-order valence-corrected chi connectivity index (χ2v) is 8.10. The van der Waals surface area contributed by atoms with Gasteiger partial charge in [-0.3, -0.25) is 0 Å². The minimum atomic E-state index is -3.99. The number of nitrogens with zero attached hydrogens (tertiary/aromatic N) is 1. The molecule has 21 heavy (non-hydrogen) atoms. The Bertz CT molecular complexity index is 656. The van der Waals surface area contributed by atoms with Crippen molar-refractivity contribution in [3.63, 3.8) is 0 Å². The summed E-state index contributed by atoms with van der Waals surface area (Å²) in [6, 6.07) is 1.06. The van der Waals surface area contributed by atoms with E-state index in [4.69, 9.17) is 17.3 Å². The molecular weight excluding hydrogens is 385 g/mol. The second-order valence-electron chi connectivity index (χ2n) is 5.17. The van der Waals surface area contributed by atoms with Crippen molar-refractivity contribution < 1.29 is 12.8 Å². The zero-order chi connectivity index (χ0) is 15.8. The lowest BCUT2D eigenvalue weighted by molar-refractivity contribution is 0.394. The molecule has 1 heterocycles. The molecule has 1 unspecified atom stereocenters. The predicted molar refractivity (Wildman–Crippen MR) is 84.3 cm³/mol. The Hall–Kier alpha value is -0.410. The first-order valence-corrected chi connectivity index (χ1v) is 8.99. The van der Waals surface area contributed by atoms with Crippen molar-refractivity contribution in [3.8, 4) is 0 Å². The van der Waals surface area contributed by atoms with Crippen molar-refractivity contribution in [2.24, 2.45) is 5.92 Å². The van der Waals surface area contributed by atoms with Crippen LogP contribution in [-0.2, 0) is 10.0 Å². The van der Waals surface area contributed by atoms with Crippen LogP contribution in [0.25, 0.3) is 0 Å². The van der Waals surface area contributed by atoms with Crippen LogP contribution in [0.3, 0.4) is 0 Å². The number of nitrogen functional groups attached to an aromatic ring is 1. The van der Waals surface area contributed by atoms with Gasteiger partial charge in [0.25, 0.3) is 0 Å². The van der Waals surface area contributed by atoms with Crippen molar-refractivity contribution >= 4 is 43.2 Å². The molecule has 0 spiro atoms. The fourth-order valence-electron chi connectivity index (χ4n) is 2.29. The maximum absolute atomic E-state index is 14.1. The molecule has 1 aromatic carbocycles. The third-order valence-corrected chi connectivity index (χ3v) is 6.30. The van der Waals surface area contributed by atoms with Crippen LogP contribution in [0.4, 0.5) is 10.1 Å². The summed E-state index contributed by atoms with van der Waals surface area (Å²) in [7, 11) is -2.01. The van der Waals surface area contributed by atoms with E-state index in [0.717, 1.165) is 25.6 Å². The van der Waals surface area contributed by atoms with Crippen LogP contribution < -0.4 is 10.5 Å². The Kier molecular flexibility index (Phi) is 5.15. The quantitative estimate of drug-likeness (QED) is 0.599. The van der Waals surface area contributed by atoms with E-state index in [9.17, 15) is 12.8 Å². The Morgan fingerprint density at radius 1 is 1.62 bits per heavy atom. The molecule has 0 aliphatic carbocycles. The maximum atomic E-state index is 14.1. The van der Waals surface area contributed by atoms with Crippen LogP contribution in [0, 0.1) is 11.7 Å². The molecule has 2 rings (SSSR count). The minimum absolute atomic E-state index is 0.0508. The van der Waals surface area contributed by atoms with E-state index >= 15 is 0 Å². The minimum Gasteiger partial charge on any atom is -0.395 e. The van der Waals surface area contributed by atoms with Gasteiger partial charge in [-0.05, 0) is 47.9 Å². The van der Waals surface area contributed by atoms with Gasteiger partial charge < -0.3 is 10.6 Å². The van der Waals surface area contributed by atoms with Crippen LogP contribution >= 0.6 is 27.5 Å². The van der Waals surface area contributed by atoms with Crippen molar-refractivity contribution in [3.05, 3.63) is 21.4 Å². The Labute approximate surface area is 136 Å². The third kappa shape index (κ3) is 3.68. The molecule has 0 bridgehead atoms. The van der Waals surface area contributed by atoms with Gasteiger partial charge in [0.1, 0.15) is 4.90 Å². The summed E-state index contributed by atoms with van der Waals surface area (Å²) in [5, 5.41) is 0.0508. The van der Waals surface area contributed by atoms with E-state index in [0.29, 0.717) is 0 Å². The number of anilines is 1. The number of hydrogen-bond donors (Lipinski definition) is 2. The number of nitrogens with two attached hydrogens (primary N) is 1. The number of rotatable bonds is 4. The molecule has 0 amide bonds. The van der Waals surface area contributed by atoms with Crippen molar-refractivity contribution in [1.82, 2.24) is 9.62 Å². The van der Waals surface area contributed by atoms with Gasteiger partial charge in [-0.2, -0.15) is 0 Å². The lowest BCUT2D eigenvalue weighted by Gasteiger charge is -2.14. The number of sulfonamides is 1. The summed E-state index contributed by atoms with van der Waals surface area (Å²) in [6.07, 6.45) is 0.907. The average Bonchev–Trinajstić information content (AvgIpc) is 2.84. The smallest absolute Gasteiger partial charge is 0.243 e. The van der Waals surface area contributed by atoms with E-state index in [1.807, 2.05) is 7.05 Å². The summed E-state index contributed by atoms with van der Waals surface area (Å²) < 4.78 is 41.1. The van der Waals surface area contributed by atoms with Gasteiger partial charge in [-0.15, -0.1) is 0 Å². The Morgan fingerprint density at radius 3 is 2.86 bits per heavy atom. The van der Waals surface area contributed by atoms with Crippen LogP contribution in [-0.4, -0.2) is 40.0 Å². The van der Waals surface area contributed by atoms with Gasteiger partial charge in [0, 0.05) is 13.1 Å². The molecule has 118 valence electrons. The Morgan fingerprint density at radius 2 is 2.29 bits per heavy atom. The molecule has 1 fully saturated rings.